The molecule has 0 N–H and O–H groups in total. The smallest absolute Gasteiger partial charge is 0.190 e. The van der Waals surface area contributed by atoms with Crippen LogP contribution in [0.1, 0.15) is 56.4 Å². The number of aromatic nitrogens is 2. The van der Waals surface area contributed by atoms with E-state index < -0.39 is 0 Å². The number of carbonyl (C=O) groups is 1. The van der Waals surface area contributed by atoms with Gasteiger partial charge in [0.25, 0.3) is 0 Å². The fourth-order valence-corrected chi connectivity index (χ4v) is 3.03. The van der Waals surface area contributed by atoms with Gasteiger partial charge in [0.15, 0.2) is 11.5 Å². The number of Topliss-reactive ketones (excluding diaryl/α,β-unsaturated/α-hetero) is 1. The first-order valence-corrected chi connectivity index (χ1v) is 6.83. The van der Waals surface area contributed by atoms with E-state index in [2.05, 4.69) is 12.0 Å². The van der Waals surface area contributed by atoms with Crippen LogP contribution in [0.3, 0.4) is 0 Å². The van der Waals surface area contributed by atoms with Crippen molar-refractivity contribution in [3.8, 4) is 5.75 Å². The molecule has 0 aliphatic heterocycles. The Hall–Kier alpha value is -1.32. The lowest BCUT2D eigenvalue weighted by molar-refractivity contribution is 0.0775. The molecular formula is C14H22N2O2. The first-order valence-electron chi connectivity index (χ1n) is 6.83. The van der Waals surface area contributed by atoms with E-state index >= 15 is 0 Å². The largest absolute Gasteiger partial charge is 0.493 e. The number of hydrogen-bond acceptors (Lipinski definition) is 3. The van der Waals surface area contributed by atoms with E-state index in [9.17, 15) is 4.79 Å². The molecule has 0 unspecified atom stereocenters. The van der Waals surface area contributed by atoms with Crippen molar-refractivity contribution in [2.45, 2.75) is 52.5 Å². The molecule has 1 aliphatic carbocycles. The summed E-state index contributed by atoms with van der Waals surface area (Å²) in [6.07, 6.45) is 6.87. The lowest BCUT2D eigenvalue weighted by Gasteiger charge is -2.26. The molecular weight excluding hydrogens is 228 g/mol. The van der Waals surface area contributed by atoms with Crippen LogP contribution in [-0.2, 0) is 6.54 Å². The number of methoxy groups -OCH3 is 1. The van der Waals surface area contributed by atoms with Crippen LogP contribution in [-0.4, -0.2) is 22.7 Å². The molecule has 4 nitrogen and oxygen atoms in total. The van der Waals surface area contributed by atoms with Crippen LogP contribution in [0.4, 0.5) is 0 Å². The maximum absolute atomic E-state index is 12.9. The van der Waals surface area contributed by atoms with Crippen molar-refractivity contribution >= 4 is 5.78 Å². The Kier molecular flexibility index (Phi) is 3.73. The average Bonchev–Trinajstić information content (AvgIpc) is 3.04. The number of nitrogens with zero attached hydrogens (tertiary/aromatic N) is 2. The highest BCUT2D eigenvalue weighted by Gasteiger charge is 2.42. The predicted molar refractivity (Wildman–Crippen MR) is 70.0 cm³/mol. The molecule has 0 aromatic carbocycles. The molecule has 0 saturated heterocycles. The highest BCUT2D eigenvalue weighted by atomic mass is 16.5. The normalized spacial score (nSPS) is 17.9. The lowest BCUT2D eigenvalue weighted by atomic mass is 9.78. The molecule has 0 atom stereocenters. The van der Waals surface area contributed by atoms with Gasteiger partial charge in [-0.25, -0.2) is 0 Å². The fraction of sp³-hybridized carbons (Fsp3) is 0.714. The van der Waals surface area contributed by atoms with E-state index in [4.69, 9.17) is 4.74 Å². The summed E-state index contributed by atoms with van der Waals surface area (Å²) in [7, 11) is 1.60. The molecule has 4 heteroatoms. The van der Waals surface area contributed by atoms with Gasteiger partial charge in [0, 0.05) is 12.0 Å². The molecule has 1 fully saturated rings. The highest BCUT2D eigenvalue weighted by molar-refractivity contribution is 6.01. The van der Waals surface area contributed by atoms with Crippen molar-refractivity contribution in [1.82, 2.24) is 9.78 Å². The molecule has 0 spiro atoms. The third-order valence-corrected chi connectivity index (χ3v) is 4.26. The first kappa shape index (κ1) is 13.1. The number of hydrogen-bond donors (Lipinski definition) is 0. The number of ketones is 1. The molecule has 1 aliphatic rings. The molecule has 100 valence electrons. The Morgan fingerprint density at radius 3 is 2.61 bits per heavy atom. The van der Waals surface area contributed by atoms with Crippen molar-refractivity contribution in [2.75, 3.05) is 7.11 Å². The Bertz CT molecular complexity index is 410. The minimum absolute atomic E-state index is 0.180. The van der Waals surface area contributed by atoms with Crippen LogP contribution in [0.5, 0.6) is 5.75 Å². The summed E-state index contributed by atoms with van der Waals surface area (Å²) in [5.74, 6) is 0.834. The molecule has 0 bridgehead atoms. The molecule has 2 rings (SSSR count). The monoisotopic (exact) mass is 250 g/mol. The second-order valence-electron chi connectivity index (χ2n) is 5.05. The summed E-state index contributed by atoms with van der Waals surface area (Å²) in [5, 5.41) is 4.23. The van der Waals surface area contributed by atoms with Crippen LogP contribution >= 0.6 is 0 Å². The second kappa shape index (κ2) is 5.12. The van der Waals surface area contributed by atoms with Gasteiger partial charge in [0.05, 0.1) is 13.3 Å². The quantitative estimate of drug-likeness (QED) is 0.754. The van der Waals surface area contributed by atoms with Gasteiger partial charge in [-0.2, -0.15) is 5.10 Å². The van der Waals surface area contributed by atoms with Gasteiger partial charge in [-0.15, -0.1) is 0 Å². The molecule has 18 heavy (non-hydrogen) atoms. The predicted octanol–water partition coefficient (Wildman–Crippen LogP) is 3.06. The zero-order chi connectivity index (χ0) is 13.2. The third kappa shape index (κ3) is 1.93. The Morgan fingerprint density at radius 1 is 1.44 bits per heavy atom. The van der Waals surface area contributed by atoms with Crippen molar-refractivity contribution in [3.63, 3.8) is 0 Å². The summed E-state index contributed by atoms with van der Waals surface area (Å²) >= 11 is 0. The Morgan fingerprint density at radius 2 is 2.11 bits per heavy atom. The number of ether oxygens (including phenoxy) is 1. The number of rotatable bonds is 5. The average molecular weight is 250 g/mol. The van der Waals surface area contributed by atoms with Crippen LogP contribution in [0, 0.1) is 5.41 Å². The van der Waals surface area contributed by atoms with Gasteiger partial charge < -0.3 is 4.74 Å². The van der Waals surface area contributed by atoms with E-state index in [-0.39, 0.29) is 11.2 Å². The van der Waals surface area contributed by atoms with Crippen LogP contribution < -0.4 is 4.74 Å². The van der Waals surface area contributed by atoms with E-state index in [1.54, 1.807) is 18.0 Å². The summed E-state index contributed by atoms with van der Waals surface area (Å²) in [6, 6.07) is 0. The summed E-state index contributed by atoms with van der Waals surface area (Å²) in [4.78, 5) is 12.9. The summed E-state index contributed by atoms with van der Waals surface area (Å²) in [6.45, 7) is 4.81. The zero-order valence-electron chi connectivity index (χ0n) is 11.5. The molecule has 1 heterocycles. The van der Waals surface area contributed by atoms with Gasteiger partial charge >= 0.3 is 0 Å². The Balaban J connectivity index is 2.41. The summed E-state index contributed by atoms with van der Waals surface area (Å²) < 4.78 is 7.05. The van der Waals surface area contributed by atoms with Crippen molar-refractivity contribution in [2.24, 2.45) is 5.41 Å². The number of carbonyl (C=O) groups excluding carboxylic acids is 1. The van der Waals surface area contributed by atoms with Crippen LogP contribution in [0.15, 0.2) is 6.20 Å². The zero-order valence-corrected chi connectivity index (χ0v) is 11.5. The van der Waals surface area contributed by atoms with Crippen LogP contribution in [0.25, 0.3) is 0 Å². The minimum Gasteiger partial charge on any atom is -0.493 e. The second-order valence-corrected chi connectivity index (χ2v) is 5.05. The van der Waals surface area contributed by atoms with Crippen LogP contribution in [0.2, 0.25) is 0 Å². The van der Waals surface area contributed by atoms with Gasteiger partial charge in [0.2, 0.25) is 0 Å². The van der Waals surface area contributed by atoms with E-state index in [0.717, 1.165) is 32.1 Å². The van der Waals surface area contributed by atoms with Crippen molar-refractivity contribution < 1.29 is 9.53 Å². The highest BCUT2D eigenvalue weighted by Crippen LogP contribution is 2.44. The first-order chi connectivity index (χ1) is 8.68. The third-order valence-electron chi connectivity index (χ3n) is 4.26. The van der Waals surface area contributed by atoms with Gasteiger partial charge in [-0.1, -0.05) is 19.8 Å². The molecule has 1 aromatic rings. The van der Waals surface area contributed by atoms with E-state index in [1.807, 2.05) is 6.92 Å². The summed E-state index contributed by atoms with van der Waals surface area (Å²) in [5.41, 5.74) is 0.476. The SMILES string of the molecule is CCn1ncc(OC)c1C(=O)C1(CC)CCCC1. The molecule has 1 saturated carbocycles. The van der Waals surface area contributed by atoms with E-state index in [0.29, 0.717) is 18.0 Å². The maximum Gasteiger partial charge on any atom is 0.190 e. The van der Waals surface area contributed by atoms with Gasteiger partial charge in [-0.05, 0) is 26.2 Å². The van der Waals surface area contributed by atoms with E-state index in [1.165, 1.54) is 0 Å². The lowest BCUT2D eigenvalue weighted by Crippen LogP contribution is -2.29. The molecule has 0 radical (unpaired) electrons. The Labute approximate surface area is 108 Å². The van der Waals surface area contributed by atoms with Crippen molar-refractivity contribution in [3.05, 3.63) is 11.9 Å². The van der Waals surface area contributed by atoms with Crippen molar-refractivity contribution in [1.29, 1.82) is 0 Å². The molecule has 0 amide bonds. The number of aryl methyl sites for hydroxylation is 1. The topological polar surface area (TPSA) is 44.1 Å². The van der Waals surface area contributed by atoms with Gasteiger partial charge in [0.1, 0.15) is 5.69 Å². The fourth-order valence-electron chi connectivity index (χ4n) is 3.03. The minimum atomic E-state index is -0.180. The molecule has 1 aromatic heterocycles. The standard InChI is InChI=1S/C14H22N2O2/c1-4-14(8-6-7-9-14)13(17)12-11(18-3)10-15-16(12)5-2/h10H,4-9H2,1-3H3. The maximum atomic E-state index is 12.9. The van der Waals surface area contributed by atoms with Gasteiger partial charge in [-0.3, -0.25) is 9.48 Å².